The van der Waals surface area contributed by atoms with Crippen molar-refractivity contribution in [3.05, 3.63) is 24.0 Å². The van der Waals surface area contributed by atoms with E-state index in [0.29, 0.717) is 0 Å². The summed E-state index contributed by atoms with van der Waals surface area (Å²) in [7, 11) is 0. The number of hydrogen-bond donors (Lipinski definition) is 2. The molecule has 1 aromatic rings. The van der Waals surface area contributed by atoms with E-state index >= 15 is 0 Å². The van der Waals surface area contributed by atoms with Gasteiger partial charge in [0.2, 0.25) is 0 Å². The van der Waals surface area contributed by atoms with Crippen LogP contribution in [0.15, 0.2) is 18.5 Å². The maximum Gasteiger partial charge on any atom is 0.0223 e. The molecule has 0 aromatic carbocycles. The van der Waals surface area contributed by atoms with Crippen molar-refractivity contribution < 1.29 is 0 Å². The first-order valence-corrected chi connectivity index (χ1v) is 6.73. The zero-order valence-electron chi connectivity index (χ0n) is 10.3. The van der Waals surface area contributed by atoms with Gasteiger partial charge in [0.15, 0.2) is 0 Å². The van der Waals surface area contributed by atoms with Crippen molar-refractivity contribution >= 4 is 0 Å². The van der Waals surface area contributed by atoms with Crippen LogP contribution < -0.4 is 5.32 Å². The molecule has 1 fully saturated rings. The highest BCUT2D eigenvalue weighted by Gasteiger charge is 2.19. The molecular formula is C14H24N2. The van der Waals surface area contributed by atoms with Crippen molar-refractivity contribution in [3.8, 4) is 0 Å². The third-order valence-electron chi connectivity index (χ3n) is 3.80. The molecule has 1 aliphatic carbocycles. The highest BCUT2D eigenvalue weighted by atomic mass is 14.9. The highest BCUT2D eigenvalue weighted by molar-refractivity contribution is 5.07. The smallest absolute Gasteiger partial charge is 0.0223 e. The molecule has 2 rings (SSSR count). The second kappa shape index (κ2) is 6.09. The number of hydrogen-bond acceptors (Lipinski definition) is 1. The summed E-state index contributed by atoms with van der Waals surface area (Å²) in [6, 6.07) is 2.90. The predicted octanol–water partition coefficient (Wildman–Crippen LogP) is 3.46. The second-order valence-corrected chi connectivity index (χ2v) is 5.11. The Balaban J connectivity index is 1.65. The molecule has 2 heteroatoms. The molecule has 1 aliphatic rings. The summed E-state index contributed by atoms with van der Waals surface area (Å²) in [6.45, 7) is 3.32. The molecule has 90 valence electrons. The molecule has 1 aromatic heterocycles. The summed E-state index contributed by atoms with van der Waals surface area (Å²) in [4.78, 5) is 3.10. The normalized spacial score (nSPS) is 25.8. The van der Waals surface area contributed by atoms with Gasteiger partial charge >= 0.3 is 0 Å². The molecule has 0 amide bonds. The van der Waals surface area contributed by atoms with Crippen molar-refractivity contribution in [1.82, 2.24) is 10.3 Å². The van der Waals surface area contributed by atoms with E-state index in [1.807, 2.05) is 6.20 Å². The molecule has 0 atom stereocenters. The van der Waals surface area contributed by atoms with Crippen LogP contribution in [0.5, 0.6) is 0 Å². The topological polar surface area (TPSA) is 27.8 Å². The lowest BCUT2D eigenvalue weighted by Crippen LogP contribution is -2.32. The minimum atomic E-state index is 0.753. The van der Waals surface area contributed by atoms with E-state index in [2.05, 4.69) is 29.5 Å². The van der Waals surface area contributed by atoms with Gasteiger partial charge in [-0.05, 0) is 43.2 Å². The molecule has 16 heavy (non-hydrogen) atoms. The van der Waals surface area contributed by atoms with Gasteiger partial charge in [-0.25, -0.2) is 0 Å². The van der Waals surface area contributed by atoms with Gasteiger partial charge in [0.05, 0.1) is 0 Å². The average molecular weight is 220 g/mol. The van der Waals surface area contributed by atoms with Crippen LogP contribution in [-0.2, 0) is 6.54 Å². The average Bonchev–Trinajstić information content (AvgIpc) is 2.82. The Kier molecular flexibility index (Phi) is 4.46. The van der Waals surface area contributed by atoms with Crippen LogP contribution in [0.4, 0.5) is 0 Å². The first-order valence-electron chi connectivity index (χ1n) is 6.73. The Morgan fingerprint density at radius 1 is 1.31 bits per heavy atom. The van der Waals surface area contributed by atoms with Crippen molar-refractivity contribution in [2.24, 2.45) is 5.92 Å². The number of H-pyrrole nitrogens is 1. The van der Waals surface area contributed by atoms with Crippen LogP contribution in [0, 0.1) is 5.92 Å². The molecule has 0 radical (unpaired) electrons. The standard InChI is InChI=1S/C14H24N2/c1-2-3-12-4-6-14(7-5-12)16-11-13-8-9-15-10-13/h8-10,12,14-16H,2-7,11H2,1H3. The molecule has 2 N–H and O–H groups in total. The number of aromatic nitrogens is 1. The minimum absolute atomic E-state index is 0.753. The van der Waals surface area contributed by atoms with Gasteiger partial charge in [-0.15, -0.1) is 0 Å². The lowest BCUT2D eigenvalue weighted by Gasteiger charge is -2.29. The second-order valence-electron chi connectivity index (χ2n) is 5.11. The first-order chi connectivity index (χ1) is 7.88. The van der Waals surface area contributed by atoms with Gasteiger partial charge in [-0.3, -0.25) is 0 Å². The molecule has 0 spiro atoms. The highest BCUT2D eigenvalue weighted by Crippen LogP contribution is 2.27. The van der Waals surface area contributed by atoms with Crippen molar-refractivity contribution in [1.29, 1.82) is 0 Å². The van der Waals surface area contributed by atoms with Gasteiger partial charge in [0.1, 0.15) is 0 Å². The van der Waals surface area contributed by atoms with E-state index in [1.54, 1.807) is 0 Å². The minimum Gasteiger partial charge on any atom is -0.367 e. The monoisotopic (exact) mass is 220 g/mol. The Hall–Kier alpha value is -0.760. The van der Waals surface area contributed by atoms with E-state index in [-0.39, 0.29) is 0 Å². The van der Waals surface area contributed by atoms with Crippen molar-refractivity contribution in [2.75, 3.05) is 0 Å². The Bertz CT molecular complexity index is 271. The predicted molar refractivity (Wildman–Crippen MR) is 68.3 cm³/mol. The lowest BCUT2D eigenvalue weighted by molar-refractivity contribution is 0.277. The van der Waals surface area contributed by atoms with Gasteiger partial charge in [-0.2, -0.15) is 0 Å². The summed E-state index contributed by atoms with van der Waals surface area (Å²) in [5.41, 5.74) is 1.37. The molecule has 1 saturated carbocycles. The van der Waals surface area contributed by atoms with Crippen LogP contribution in [0.2, 0.25) is 0 Å². The van der Waals surface area contributed by atoms with Crippen LogP contribution in [0.1, 0.15) is 51.0 Å². The molecular weight excluding hydrogens is 196 g/mol. The fraction of sp³-hybridized carbons (Fsp3) is 0.714. The maximum absolute atomic E-state index is 3.67. The van der Waals surface area contributed by atoms with E-state index in [0.717, 1.165) is 18.5 Å². The number of nitrogens with one attached hydrogen (secondary N) is 2. The fourth-order valence-corrected chi connectivity index (χ4v) is 2.79. The zero-order valence-corrected chi connectivity index (χ0v) is 10.3. The molecule has 2 nitrogen and oxygen atoms in total. The summed E-state index contributed by atoms with van der Waals surface area (Å²) in [5, 5.41) is 3.67. The Morgan fingerprint density at radius 2 is 2.12 bits per heavy atom. The lowest BCUT2D eigenvalue weighted by atomic mass is 9.83. The number of aromatic amines is 1. The molecule has 1 heterocycles. The van der Waals surface area contributed by atoms with Gasteiger partial charge in [0, 0.05) is 25.0 Å². The first kappa shape index (κ1) is 11.7. The summed E-state index contributed by atoms with van der Waals surface area (Å²) in [5.74, 6) is 1.01. The third kappa shape index (κ3) is 3.38. The molecule has 0 bridgehead atoms. The van der Waals surface area contributed by atoms with E-state index in [1.165, 1.54) is 44.1 Å². The largest absolute Gasteiger partial charge is 0.367 e. The van der Waals surface area contributed by atoms with E-state index < -0.39 is 0 Å². The van der Waals surface area contributed by atoms with Crippen LogP contribution >= 0.6 is 0 Å². The van der Waals surface area contributed by atoms with Crippen LogP contribution in [-0.4, -0.2) is 11.0 Å². The van der Waals surface area contributed by atoms with Crippen LogP contribution in [0.3, 0.4) is 0 Å². The van der Waals surface area contributed by atoms with E-state index in [4.69, 9.17) is 0 Å². The van der Waals surface area contributed by atoms with Gasteiger partial charge < -0.3 is 10.3 Å². The van der Waals surface area contributed by atoms with E-state index in [9.17, 15) is 0 Å². The van der Waals surface area contributed by atoms with Crippen molar-refractivity contribution in [3.63, 3.8) is 0 Å². The zero-order chi connectivity index (χ0) is 11.2. The van der Waals surface area contributed by atoms with Gasteiger partial charge in [0.25, 0.3) is 0 Å². The SMILES string of the molecule is CCCC1CCC(NCc2cc[nH]c2)CC1. The Labute approximate surface area is 98.8 Å². The molecule has 0 saturated heterocycles. The number of rotatable bonds is 5. The Morgan fingerprint density at radius 3 is 2.75 bits per heavy atom. The fourth-order valence-electron chi connectivity index (χ4n) is 2.79. The maximum atomic E-state index is 3.67. The molecule has 0 unspecified atom stereocenters. The molecule has 0 aliphatic heterocycles. The summed E-state index contributed by atoms with van der Waals surface area (Å²) in [6.07, 6.45) is 12.5. The third-order valence-corrected chi connectivity index (χ3v) is 3.80. The van der Waals surface area contributed by atoms with Crippen LogP contribution in [0.25, 0.3) is 0 Å². The van der Waals surface area contributed by atoms with Gasteiger partial charge in [-0.1, -0.05) is 19.8 Å². The quantitative estimate of drug-likeness (QED) is 0.781. The van der Waals surface area contributed by atoms with Crippen molar-refractivity contribution in [2.45, 2.75) is 58.0 Å². The summed E-state index contributed by atoms with van der Waals surface area (Å²) < 4.78 is 0. The summed E-state index contributed by atoms with van der Waals surface area (Å²) >= 11 is 0.